The Morgan fingerprint density at radius 1 is 1.35 bits per heavy atom. The third kappa shape index (κ3) is 6.56. The Morgan fingerprint density at radius 2 is 2.13 bits per heavy atom. The van der Waals surface area contributed by atoms with Gasteiger partial charge in [-0.2, -0.15) is 0 Å². The number of benzene rings is 1. The molecule has 0 atom stereocenters. The van der Waals surface area contributed by atoms with Crippen LogP contribution in [0.3, 0.4) is 0 Å². The maximum Gasteiger partial charge on any atom is 0.226 e. The Balaban J connectivity index is 1.74. The van der Waals surface area contributed by atoms with E-state index in [9.17, 15) is 4.79 Å². The lowest BCUT2D eigenvalue weighted by Gasteiger charge is -2.04. The van der Waals surface area contributed by atoms with Crippen molar-refractivity contribution in [3.63, 3.8) is 0 Å². The minimum absolute atomic E-state index is 0.0310. The molecule has 1 heterocycles. The first-order chi connectivity index (χ1) is 11.2. The molecule has 0 aliphatic rings. The summed E-state index contributed by atoms with van der Waals surface area (Å²) in [5.41, 5.74) is 0.758. The lowest BCUT2D eigenvalue weighted by molar-refractivity contribution is -0.120. The number of halogens is 1. The summed E-state index contributed by atoms with van der Waals surface area (Å²) in [6.45, 7) is 1.63. The zero-order valence-electron chi connectivity index (χ0n) is 12.9. The summed E-state index contributed by atoms with van der Waals surface area (Å²) in [4.78, 5) is 16.2. The molecule has 0 saturated carbocycles. The van der Waals surface area contributed by atoms with E-state index < -0.39 is 0 Å². The molecule has 1 amide bonds. The summed E-state index contributed by atoms with van der Waals surface area (Å²) in [7, 11) is 1.64. The van der Waals surface area contributed by atoms with Crippen LogP contribution in [0.2, 0.25) is 5.02 Å². The van der Waals surface area contributed by atoms with E-state index in [0.717, 1.165) is 22.9 Å². The summed E-state index contributed by atoms with van der Waals surface area (Å²) in [5, 5.41) is 6.23. The van der Waals surface area contributed by atoms with Gasteiger partial charge in [-0.3, -0.25) is 4.79 Å². The molecule has 0 unspecified atom stereocenters. The lowest BCUT2D eigenvalue weighted by atomic mass is 10.3. The van der Waals surface area contributed by atoms with Gasteiger partial charge in [-0.05, 0) is 30.7 Å². The van der Waals surface area contributed by atoms with Crippen LogP contribution in [0.1, 0.15) is 17.1 Å². The highest BCUT2D eigenvalue weighted by Gasteiger charge is 2.08. The number of nitrogens with one attached hydrogen (secondary N) is 1. The summed E-state index contributed by atoms with van der Waals surface area (Å²) in [6.07, 6.45) is 1.09. The molecule has 2 rings (SSSR count). The third-order valence-electron chi connectivity index (χ3n) is 2.96. The molecule has 0 radical (unpaired) electrons. The van der Waals surface area contributed by atoms with Crippen LogP contribution in [0.4, 0.5) is 0 Å². The summed E-state index contributed by atoms with van der Waals surface area (Å²) in [6, 6.07) is 7.17. The molecular formula is C16H19ClN2O3S. The van der Waals surface area contributed by atoms with E-state index in [2.05, 4.69) is 10.3 Å². The Labute approximate surface area is 144 Å². The van der Waals surface area contributed by atoms with Crippen molar-refractivity contribution in [3.8, 4) is 5.75 Å². The fourth-order valence-electron chi connectivity index (χ4n) is 1.84. The van der Waals surface area contributed by atoms with Crippen LogP contribution in [0, 0.1) is 0 Å². The van der Waals surface area contributed by atoms with Crippen LogP contribution < -0.4 is 10.1 Å². The predicted molar refractivity (Wildman–Crippen MR) is 91.1 cm³/mol. The third-order valence-corrected chi connectivity index (χ3v) is 4.09. The Bertz CT molecular complexity index is 616. The summed E-state index contributed by atoms with van der Waals surface area (Å²) >= 11 is 7.31. The number of carbonyl (C=O) groups is 1. The number of amides is 1. The number of thiazole rings is 1. The highest BCUT2D eigenvalue weighted by Crippen LogP contribution is 2.18. The molecule has 2 aromatic rings. The second-order valence-electron chi connectivity index (χ2n) is 4.85. The van der Waals surface area contributed by atoms with E-state index in [1.165, 1.54) is 11.3 Å². The van der Waals surface area contributed by atoms with E-state index in [0.29, 0.717) is 24.8 Å². The van der Waals surface area contributed by atoms with E-state index in [1.54, 1.807) is 19.2 Å². The first-order valence-electron chi connectivity index (χ1n) is 7.24. The van der Waals surface area contributed by atoms with Crippen LogP contribution in [0.15, 0.2) is 29.6 Å². The molecule has 7 heteroatoms. The van der Waals surface area contributed by atoms with Crippen molar-refractivity contribution >= 4 is 28.8 Å². The molecule has 0 aliphatic heterocycles. The van der Waals surface area contributed by atoms with Crippen LogP contribution in [-0.4, -0.2) is 31.2 Å². The van der Waals surface area contributed by atoms with Crippen molar-refractivity contribution < 1.29 is 14.3 Å². The van der Waals surface area contributed by atoms with Gasteiger partial charge in [0.2, 0.25) is 5.91 Å². The molecule has 1 N–H and O–H groups in total. The van der Waals surface area contributed by atoms with Gasteiger partial charge in [0.05, 0.1) is 12.1 Å². The van der Waals surface area contributed by atoms with Gasteiger partial charge in [0.1, 0.15) is 17.4 Å². The van der Waals surface area contributed by atoms with Gasteiger partial charge < -0.3 is 14.8 Å². The number of aromatic nitrogens is 1. The largest absolute Gasteiger partial charge is 0.486 e. The molecule has 0 bridgehead atoms. The van der Waals surface area contributed by atoms with Crippen LogP contribution >= 0.6 is 22.9 Å². The smallest absolute Gasteiger partial charge is 0.226 e. The molecule has 0 aliphatic carbocycles. The van der Waals surface area contributed by atoms with Crippen LogP contribution in [0.5, 0.6) is 5.75 Å². The van der Waals surface area contributed by atoms with Crippen molar-refractivity contribution in [2.24, 2.45) is 0 Å². The minimum Gasteiger partial charge on any atom is -0.486 e. The molecule has 0 saturated heterocycles. The number of rotatable bonds is 9. The highest BCUT2D eigenvalue weighted by molar-refractivity contribution is 7.09. The molecule has 1 aromatic heterocycles. The number of hydrogen-bond acceptors (Lipinski definition) is 5. The van der Waals surface area contributed by atoms with Gasteiger partial charge >= 0.3 is 0 Å². The Morgan fingerprint density at radius 3 is 2.87 bits per heavy atom. The number of nitrogens with zero attached hydrogens (tertiary/aromatic N) is 1. The first kappa shape index (κ1) is 17.7. The summed E-state index contributed by atoms with van der Waals surface area (Å²) < 4.78 is 10.6. The van der Waals surface area contributed by atoms with Crippen molar-refractivity contribution in [2.45, 2.75) is 19.4 Å². The first-order valence-corrected chi connectivity index (χ1v) is 8.50. The zero-order chi connectivity index (χ0) is 16.5. The highest BCUT2D eigenvalue weighted by atomic mass is 35.5. The molecule has 5 nitrogen and oxygen atoms in total. The second kappa shape index (κ2) is 9.50. The van der Waals surface area contributed by atoms with Gasteiger partial charge in [-0.1, -0.05) is 11.6 Å². The van der Waals surface area contributed by atoms with Crippen molar-refractivity contribution in [3.05, 3.63) is 45.4 Å². The lowest BCUT2D eigenvalue weighted by Crippen LogP contribution is -2.26. The zero-order valence-corrected chi connectivity index (χ0v) is 14.5. The van der Waals surface area contributed by atoms with Crippen molar-refractivity contribution in [1.29, 1.82) is 0 Å². The SMILES string of the molecule is COCCCNC(=O)Cc1csc(COc2ccc(Cl)cc2)n1. The molecule has 23 heavy (non-hydrogen) atoms. The Hall–Kier alpha value is -1.63. The maximum absolute atomic E-state index is 11.8. The monoisotopic (exact) mass is 354 g/mol. The molecular weight excluding hydrogens is 336 g/mol. The standard InChI is InChI=1S/C16H19ClN2O3S/c1-21-8-2-7-18-15(20)9-13-11-23-16(19-13)10-22-14-5-3-12(17)4-6-14/h3-6,11H,2,7-10H2,1H3,(H,18,20). The molecule has 0 fully saturated rings. The van der Waals surface area contributed by atoms with Gasteiger partial charge in [0.25, 0.3) is 0 Å². The molecule has 124 valence electrons. The van der Waals surface area contributed by atoms with Crippen LogP contribution in [-0.2, 0) is 22.6 Å². The Kier molecular flexibility index (Phi) is 7.32. The normalized spacial score (nSPS) is 10.5. The van der Waals surface area contributed by atoms with E-state index in [1.807, 2.05) is 17.5 Å². The summed E-state index contributed by atoms with van der Waals surface area (Å²) in [5.74, 6) is 0.707. The van der Waals surface area contributed by atoms with E-state index >= 15 is 0 Å². The average Bonchev–Trinajstić information content (AvgIpc) is 2.98. The van der Waals surface area contributed by atoms with Gasteiger partial charge in [-0.15, -0.1) is 11.3 Å². The fourth-order valence-corrected chi connectivity index (χ4v) is 2.67. The van der Waals surface area contributed by atoms with E-state index in [4.69, 9.17) is 21.1 Å². The number of carbonyl (C=O) groups excluding carboxylic acids is 1. The number of methoxy groups -OCH3 is 1. The second-order valence-corrected chi connectivity index (χ2v) is 6.23. The topological polar surface area (TPSA) is 60.5 Å². The van der Waals surface area contributed by atoms with Crippen LogP contribution in [0.25, 0.3) is 0 Å². The van der Waals surface area contributed by atoms with Gasteiger partial charge in [-0.25, -0.2) is 4.98 Å². The van der Waals surface area contributed by atoms with Crippen molar-refractivity contribution in [1.82, 2.24) is 10.3 Å². The molecule has 0 spiro atoms. The van der Waals surface area contributed by atoms with Gasteiger partial charge in [0.15, 0.2) is 0 Å². The maximum atomic E-state index is 11.8. The fraction of sp³-hybridized carbons (Fsp3) is 0.375. The van der Waals surface area contributed by atoms with E-state index in [-0.39, 0.29) is 12.3 Å². The van der Waals surface area contributed by atoms with Crippen molar-refractivity contribution in [2.75, 3.05) is 20.3 Å². The predicted octanol–water partition coefficient (Wildman–Crippen LogP) is 3.07. The quantitative estimate of drug-likeness (QED) is 0.703. The number of hydrogen-bond donors (Lipinski definition) is 1. The minimum atomic E-state index is -0.0310. The van der Waals surface area contributed by atoms with Gasteiger partial charge in [0, 0.05) is 30.7 Å². The molecule has 1 aromatic carbocycles. The number of ether oxygens (including phenoxy) is 2. The average molecular weight is 355 g/mol.